The Hall–Kier alpha value is -1.15. The van der Waals surface area contributed by atoms with E-state index in [1.807, 2.05) is 26.0 Å². The zero-order chi connectivity index (χ0) is 15.2. The number of thiophene rings is 1. The zero-order valence-corrected chi connectivity index (χ0v) is 14.4. The summed E-state index contributed by atoms with van der Waals surface area (Å²) >= 11 is 8.12. The number of thiazole rings is 1. The van der Waals surface area contributed by atoms with Crippen LogP contribution in [0.5, 0.6) is 0 Å². The quantitative estimate of drug-likeness (QED) is 0.753. The van der Waals surface area contributed by atoms with Gasteiger partial charge in [-0.1, -0.05) is 29.0 Å². The molecule has 0 saturated heterocycles. The highest BCUT2D eigenvalue weighted by molar-refractivity contribution is 7.95. The van der Waals surface area contributed by atoms with Gasteiger partial charge in [-0.15, -0.1) is 11.3 Å². The minimum Gasteiger partial charge on any atom is -0.254 e. The topological polar surface area (TPSA) is 59.1 Å². The molecule has 110 valence electrons. The van der Waals surface area contributed by atoms with Crippen molar-refractivity contribution in [2.45, 2.75) is 18.1 Å². The summed E-state index contributed by atoms with van der Waals surface area (Å²) in [5.74, 6) is 0. The van der Waals surface area contributed by atoms with Gasteiger partial charge in [0.25, 0.3) is 10.0 Å². The molecule has 0 saturated carbocycles. The number of hydrogen-bond donors (Lipinski definition) is 1. The van der Waals surface area contributed by atoms with Gasteiger partial charge in [0.15, 0.2) is 5.13 Å². The number of aryl methyl sites for hydroxylation is 2. The molecule has 0 aliphatic heterocycles. The van der Waals surface area contributed by atoms with Gasteiger partial charge in [0.2, 0.25) is 0 Å². The van der Waals surface area contributed by atoms with E-state index in [0.29, 0.717) is 9.47 Å². The van der Waals surface area contributed by atoms with Crippen LogP contribution in [-0.2, 0) is 10.0 Å². The Morgan fingerprint density at radius 1 is 1.14 bits per heavy atom. The van der Waals surface area contributed by atoms with Gasteiger partial charge < -0.3 is 0 Å². The number of fused-ring (bicyclic) bond motifs is 1. The minimum atomic E-state index is -3.63. The Balaban J connectivity index is 2.00. The standard InChI is InChI=1S/C13H11ClN2O2S3/c1-7-3-4-9-12(8(7)2)15-13(19-9)16-21(17,18)11-6-5-10(14)20-11/h3-6H,1-2H3,(H,15,16). The van der Waals surface area contributed by atoms with Crippen molar-refractivity contribution < 1.29 is 8.42 Å². The monoisotopic (exact) mass is 358 g/mol. The van der Waals surface area contributed by atoms with Gasteiger partial charge in [-0.2, -0.15) is 0 Å². The predicted molar refractivity (Wildman–Crippen MR) is 89.2 cm³/mol. The lowest BCUT2D eigenvalue weighted by atomic mass is 10.1. The van der Waals surface area contributed by atoms with Crippen molar-refractivity contribution in [3.63, 3.8) is 0 Å². The van der Waals surface area contributed by atoms with Crippen LogP contribution in [0.4, 0.5) is 5.13 Å². The Morgan fingerprint density at radius 3 is 2.57 bits per heavy atom. The second kappa shape index (κ2) is 5.24. The van der Waals surface area contributed by atoms with Crippen LogP contribution in [0, 0.1) is 13.8 Å². The molecule has 0 radical (unpaired) electrons. The van der Waals surface area contributed by atoms with Gasteiger partial charge in [-0.25, -0.2) is 13.4 Å². The Kier molecular flexibility index (Phi) is 3.69. The number of nitrogens with one attached hydrogen (secondary N) is 1. The summed E-state index contributed by atoms with van der Waals surface area (Å²) in [6.07, 6.45) is 0. The van der Waals surface area contributed by atoms with Gasteiger partial charge in [0.1, 0.15) is 4.21 Å². The summed E-state index contributed by atoms with van der Waals surface area (Å²) in [5.41, 5.74) is 3.03. The molecule has 3 rings (SSSR count). The van der Waals surface area contributed by atoms with Crippen molar-refractivity contribution in [3.05, 3.63) is 39.7 Å². The molecule has 4 nitrogen and oxygen atoms in total. The number of rotatable bonds is 3. The minimum absolute atomic E-state index is 0.180. The van der Waals surface area contributed by atoms with Crippen molar-refractivity contribution in [2.24, 2.45) is 0 Å². The molecule has 0 unspecified atom stereocenters. The van der Waals surface area contributed by atoms with Crippen LogP contribution in [-0.4, -0.2) is 13.4 Å². The third-order valence-electron chi connectivity index (χ3n) is 3.12. The highest BCUT2D eigenvalue weighted by atomic mass is 35.5. The van der Waals surface area contributed by atoms with Crippen LogP contribution in [0.2, 0.25) is 4.34 Å². The maximum Gasteiger partial charge on any atom is 0.273 e. The molecule has 0 amide bonds. The third kappa shape index (κ3) is 2.78. The average Bonchev–Trinajstić information content (AvgIpc) is 3.00. The number of hydrogen-bond acceptors (Lipinski definition) is 5. The highest BCUT2D eigenvalue weighted by Crippen LogP contribution is 2.32. The predicted octanol–water partition coefficient (Wildman–Crippen LogP) is 4.43. The molecule has 0 aliphatic carbocycles. The fraction of sp³-hybridized carbons (Fsp3) is 0.154. The smallest absolute Gasteiger partial charge is 0.254 e. The van der Waals surface area contributed by atoms with Crippen molar-refractivity contribution >= 4 is 59.6 Å². The van der Waals surface area contributed by atoms with Gasteiger partial charge in [-0.3, -0.25) is 4.72 Å². The average molecular weight is 359 g/mol. The van der Waals surface area contributed by atoms with E-state index in [2.05, 4.69) is 9.71 Å². The molecule has 1 N–H and O–H groups in total. The summed E-state index contributed by atoms with van der Waals surface area (Å²) < 4.78 is 28.6. The maximum atomic E-state index is 12.3. The van der Waals surface area contributed by atoms with Gasteiger partial charge >= 0.3 is 0 Å². The first kappa shape index (κ1) is 14.8. The molecular weight excluding hydrogens is 348 g/mol. The van der Waals surface area contributed by atoms with E-state index >= 15 is 0 Å². The first-order chi connectivity index (χ1) is 9.87. The molecule has 0 fully saturated rings. The van der Waals surface area contributed by atoms with Crippen molar-refractivity contribution in [1.82, 2.24) is 4.98 Å². The molecule has 8 heteroatoms. The lowest BCUT2D eigenvalue weighted by molar-refractivity contribution is 0.603. The van der Waals surface area contributed by atoms with Crippen LogP contribution in [0.3, 0.4) is 0 Å². The number of anilines is 1. The van der Waals surface area contributed by atoms with Crippen molar-refractivity contribution in [3.8, 4) is 0 Å². The van der Waals surface area contributed by atoms with E-state index < -0.39 is 10.0 Å². The number of benzene rings is 1. The first-order valence-electron chi connectivity index (χ1n) is 6.02. The third-order valence-corrected chi connectivity index (χ3v) is 7.25. The molecule has 0 atom stereocenters. The molecular formula is C13H11ClN2O2S3. The molecule has 2 aromatic heterocycles. The Bertz CT molecular complexity index is 928. The normalized spacial score (nSPS) is 12.0. The highest BCUT2D eigenvalue weighted by Gasteiger charge is 2.19. The molecule has 1 aromatic carbocycles. The van der Waals surface area contributed by atoms with Crippen LogP contribution in [0.25, 0.3) is 10.2 Å². The molecule has 3 aromatic rings. The second-order valence-corrected chi connectivity index (χ2v) is 9.19. The first-order valence-corrected chi connectivity index (χ1v) is 9.51. The second-order valence-electron chi connectivity index (χ2n) is 4.54. The van der Waals surface area contributed by atoms with Gasteiger partial charge in [-0.05, 0) is 43.2 Å². The Morgan fingerprint density at radius 2 is 1.90 bits per heavy atom. The summed E-state index contributed by atoms with van der Waals surface area (Å²) in [5, 5.41) is 0.364. The van der Waals surface area contributed by atoms with E-state index in [9.17, 15) is 8.42 Å². The van der Waals surface area contributed by atoms with Crippen LogP contribution < -0.4 is 4.72 Å². The van der Waals surface area contributed by atoms with Gasteiger partial charge in [0, 0.05) is 0 Å². The molecule has 0 aliphatic rings. The van der Waals surface area contributed by atoms with Crippen LogP contribution in [0.15, 0.2) is 28.5 Å². The van der Waals surface area contributed by atoms with E-state index in [1.54, 1.807) is 6.07 Å². The summed E-state index contributed by atoms with van der Waals surface area (Å²) in [6.45, 7) is 3.99. The van der Waals surface area contributed by atoms with E-state index in [4.69, 9.17) is 11.6 Å². The summed E-state index contributed by atoms with van der Waals surface area (Å²) in [6, 6.07) is 7.01. The maximum absolute atomic E-state index is 12.3. The van der Waals surface area contributed by atoms with Crippen molar-refractivity contribution in [2.75, 3.05) is 4.72 Å². The lowest BCUT2D eigenvalue weighted by Gasteiger charge is -2.01. The number of sulfonamides is 1. The van der Waals surface area contributed by atoms with E-state index in [-0.39, 0.29) is 4.21 Å². The fourth-order valence-electron chi connectivity index (χ4n) is 1.88. The van der Waals surface area contributed by atoms with Crippen LogP contribution >= 0.6 is 34.3 Å². The largest absolute Gasteiger partial charge is 0.273 e. The molecule has 2 heterocycles. The summed E-state index contributed by atoms with van der Waals surface area (Å²) in [4.78, 5) is 4.39. The number of nitrogens with zero attached hydrogens (tertiary/aromatic N) is 1. The zero-order valence-electron chi connectivity index (χ0n) is 11.2. The SMILES string of the molecule is Cc1ccc2sc(NS(=O)(=O)c3ccc(Cl)s3)nc2c1C. The molecule has 0 spiro atoms. The van der Waals surface area contributed by atoms with Gasteiger partial charge in [0.05, 0.1) is 14.6 Å². The number of aromatic nitrogens is 1. The van der Waals surface area contributed by atoms with E-state index in [0.717, 1.165) is 32.7 Å². The molecule has 0 bridgehead atoms. The fourth-order valence-corrected chi connectivity index (χ4v) is 5.52. The Labute approximate surface area is 135 Å². The lowest BCUT2D eigenvalue weighted by Crippen LogP contribution is -2.11. The van der Waals surface area contributed by atoms with Crippen LogP contribution in [0.1, 0.15) is 11.1 Å². The number of halogens is 1. The van der Waals surface area contributed by atoms with E-state index in [1.165, 1.54) is 17.4 Å². The van der Waals surface area contributed by atoms with Crippen molar-refractivity contribution in [1.29, 1.82) is 0 Å². The summed E-state index contributed by atoms with van der Waals surface area (Å²) in [7, 11) is -3.63. The molecule has 21 heavy (non-hydrogen) atoms.